The number of hydrogen-bond donors (Lipinski definition) is 0. The molecule has 6 heteroatoms. The maximum Gasteiger partial charge on any atom is 0.253 e. The van der Waals surface area contributed by atoms with E-state index in [0.717, 1.165) is 31.5 Å². The molecule has 1 spiro atoms. The molecule has 5 rings (SSSR count). The van der Waals surface area contributed by atoms with Crippen molar-refractivity contribution in [2.24, 2.45) is 5.41 Å². The fourth-order valence-corrected chi connectivity index (χ4v) is 4.21. The van der Waals surface area contributed by atoms with Crippen molar-refractivity contribution < 1.29 is 13.7 Å². The van der Waals surface area contributed by atoms with Crippen LogP contribution in [0, 0.1) is 11.2 Å². The third kappa shape index (κ3) is 2.81. The summed E-state index contributed by atoms with van der Waals surface area (Å²) >= 11 is 0. The van der Waals surface area contributed by atoms with Gasteiger partial charge in [0.1, 0.15) is 5.82 Å². The lowest BCUT2D eigenvalue weighted by molar-refractivity contribution is -0.0608. The van der Waals surface area contributed by atoms with Crippen LogP contribution in [0.4, 0.5) is 4.39 Å². The third-order valence-electron chi connectivity index (χ3n) is 5.61. The first kappa shape index (κ1) is 16.2. The number of rotatable bonds is 3. The van der Waals surface area contributed by atoms with E-state index in [1.54, 1.807) is 0 Å². The van der Waals surface area contributed by atoms with E-state index in [-0.39, 0.29) is 23.1 Å². The summed E-state index contributed by atoms with van der Waals surface area (Å²) in [6.45, 7) is 1.47. The van der Waals surface area contributed by atoms with E-state index in [1.807, 2.05) is 35.2 Å². The Bertz CT molecular complexity index is 970. The Labute approximate surface area is 155 Å². The average molecular weight is 363 g/mol. The van der Waals surface area contributed by atoms with Gasteiger partial charge in [-0.1, -0.05) is 35.5 Å². The second kappa shape index (κ2) is 6.01. The second-order valence-electron chi connectivity index (χ2n) is 7.60. The highest BCUT2D eigenvalue weighted by molar-refractivity contribution is 5.94. The van der Waals surface area contributed by atoms with Gasteiger partial charge >= 0.3 is 0 Å². The Balaban J connectivity index is 1.19. The van der Waals surface area contributed by atoms with Crippen molar-refractivity contribution >= 4 is 5.91 Å². The largest absolute Gasteiger partial charge is 0.339 e. The van der Waals surface area contributed by atoms with Crippen LogP contribution in [0.25, 0.3) is 11.4 Å². The first-order chi connectivity index (χ1) is 13.1. The number of likely N-dealkylation sites (tertiary alicyclic amines) is 1. The van der Waals surface area contributed by atoms with Crippen molar-refractivity contribution in [1.82, 2.24) is 15.0 Å². The number of hydrogen-bond acceptors (Lipinski definition) is 4. The molecule has 27 heavy (non-hydrogen) atoms. The average Bonchev–Trinajstić information content (AvgIpc) is 3.10. The van der Waals surface area contributed by atoms with Crippen LogP contribution in [0.1, 0.15) is 35.0 Å². The fraction of sp³-hybridized carbons (Fsp3) is 0.286. The Morgan fingerprint density at radius 2 is 1.78 bits per heavy atom. The van der Waals surface area contributed by atoms with Crippen LogP contribution in [0.5, 0.6) is 0 Å². The van der Waals surface area contributed by atoms with E-state index >= 15 is 0 Å². The summed E-state index contributed by atoms with van der Waals surface area (Å²) in [4.78, 5) is 18.8. The normalized spacial score (nSPS) is 18.2. The molecule has 1 saturated heterocycles. The van der Waals surface area contributed by atoms with Gasteiger partial charge < -0.3 is 9.42 Å². The van der Waals surface area contributed by atoms with Crippen LogP contribution in [0.2, 0.25) is 0 Å². The predicted octanol–water partition coefficient (Wildman–Crippen LogP) is 3.90. The quantitative estimate of drug-likeness (QED) is 0.708. The highest BCUT2D eigenvalue weighted by Gasteiger charge is 2.55. The van der Waals surface area contributed by atoms with E-state index in [4.69, 9.17) is 4.52 Å². The van der Waals surface area contributed by atoms with Gasteiger partial charge in [0.05, 0.1) is 0 Å². The molecule has 2 aliphatic rings. The molecule has 0 N–H and O–H groups in total. The Hall–Kier alpha value is -3.02. The Morgan fingerprint density at radius 1 is 1.07 bits per heavy atom. The molecule has 0 atom stereocenters. The lowest BCUT2D eigenvalue weighted by atomic mass is 9.57. The van der Waals surface area contributed by atoms with E-state index in [9.17, 15) is 9.18 Å². The lowest BCUT2D eigenvalue weighted by Crippen LogP contribution is -2.63. The number of benzene rings is 2. The molecule has 0 bridgehead atoms. The minimum atomic E-state index is -0.331. The molecule has 1 aromatic heterocycles. The maximum absolute atomic E-state index is 13.0. The van der Waals surface area contributed by atoms with Crippen molar-refractivity contribution in [3.63, 3.8) is 0 Å². The minimum Gasteiger partial charge on any atom is -0.339 e. The lowest BCUT2D eigenvalue weighted by Gasteiger charge is -2.58. The molecule has 0 radical (unpaired) electrons. The summed E-state index contributed by atoms with van der Waals surface area (Å²) in [6.07, 6.45) is 1.91. The molecular formula is C21H18FN3O2. The number of amides is 1. The maximum atomic E-state index is 13.0. The van der Waals surface area contributed by atoms with E-state index < -0.39 is 0 Å². The van der Waals surface area contributed by atoms with Crippen LogP contribution in [0.15, 0.2) is 59.1 Å². The summed E-state index contributed by atoms with van der Waals surface area (Å²) in [7, 11) is 0. The predicted molar refractivity (Wildman–Crippen MR) is 96.4 cm³/mol. The number of carbonyl (C=O) groups excluding carboxylic acids is 1. The van der Waals surface area contributed by atoms with Gasteiger partial charge in [0.15, 0.2) is 0 Å². The number of aromatic nitrogens is 2. The minimum absolute atomic E-state index is 0.0340. The summed E-state index contributed by atoms with van der Waals surface area (Å²) in [5.41, 5.74) is 1.65. The van der Waals surface area contributed by atoms with Crippen LogP contribution >= 0.6 is 0 Å². The van der Waals surface area contributed by atoms with Gasteiger partial charge in [-0.05, 0) is 37.1 Å². The second-order valence-corrected chi connectivity index (χ2v) is 7.60. The molecule has 2 aromatic carbocycles. The van der Waals surface area contributed by atoms with Gasteiger partial charge in [-0.2, -0.15) is 4.98 Å². The summed E-state index contributed by atoms with van der Waals surface area (Å²) in [6, 6.07) is 15.5. The topological polar surface area (TPSA) is 59.2 Å². The smallest absolute Gasteiger partial charge is 0.253 e. The molecular weight excluding hydrogens is 345 g/mol. The van der Waals surface area contributed by atoms with Gasteiger partial charge in [-0.3, -0.25) is 4.79 Å². The molecule has 0 unspecified atom stereocenters. The summed E-state index contributed by atoms with van der Waals surface area (Å²) in [5, 5.41) is 4.09. The molecule has 3 aromatic rings. The number of carbonyl (C=O) groups is 1. The van der Waals surface area contributed by atoms with Crippen LogP contribution in [0.3, 0.4) is 0 Å². The van der Waals surface area contributed by atoms with E-state index in [1.165, 1.54) is 24.3 Å². The fourth-order valence-electron chi connectivity index (χ4n) is 4.21. The first-order valence-electron chi connectivity index (χ1n) is 9.06. The van der Waals surface area contributed by atoms with Crippen LogP contribution < -0.4 is 0 Å². The van der Waals surface area contributed by atoms with Gasteiger partial charge in [0.25, 0.3) is 5.91 Å². The highest BCUT2D eigenvalue weighted by atomic mass is 19.1. The monoisotopic (exact) mass is 363 g/mol. The van der Waals surface area contributed by atoms with Crippen molar-refractivity contribution in [3.8, 4) is 11.4 Å². The first-order valence-corrected chi connectivity index (χ1v) is 9.06. The summed E-state index contributed by atoms with van der Waals surface area (Å²) in [5.74, 6) is 1.20. The van der Waals surface area contributed by atoms with Gasteiger partial charge in [-0.25, -0.2) is 4.39 Å². The molecule has 136 valence electrons. The van der Waals surface area contributed by atoms with Crippen LogP contribution in [-0.2, 0) is 0 Å². The zero-order valence-corrected chi connectivity index (χ0v) is 14.6. The standard InChI is InChI=1S/C21H18FN3O2/c22-17-8-6-15(7-9-17)20(26)25-12-21(13-25)10-16(11-21)19-23-18(24-27-19)14-4-2-1-3-5-14/h1-9,16H,10-13H2. The molecule has 2 fully saturated rings. The molecule has 1 aliphatic heterocycles. The Kier molecular flexibility index (Phi) is 3.60. The highest BCUT2D eigenvalue weighted by Crippen LogP contribution is 2.56. The van der Waals surface area contributed by atoms with Crippen molar-refractivity contribution in [2.75, 3.05) is 13.1 Å². The van der Waals surface area contributed by atoms with Gasteiger partial charge in [0, 0.05) is 35.5 Å². The van der Waals surface area contributed by atoms with Gasteiger partial charge in [-0.15, -0.1) is 0 Å². The third-order valence-corrected chi connectivity index (χ3v) is 5.61. The Morgan fingerprint density at radius 3 is 2.48 bits per heavy atom. The van der Waals surface area contributed by atoms with E-state index in [0.29, 0.717) is 17.3 Å². The molecule has 5 nitrogen and oxygen atoms in total. The zero-order valence-electron chi connectivity index (χ0n) is 14.6. The van der Waals surface area contributed by atoms with Crippen molar-refractivity contribution in [2.45, 2.75) is 18.8 Å². The van der Waals surface area contributed by atoms with E-state index in [2.05, 4.69) is 10.1 Å². The number of nitrogens with zero attached hydrogens (tertiary/aromatic N) is 3. The molecule has 1 saturated carbocycles. The zero-order chi connectivity index (χ0) is 18.4. The van der Waals surface area contributed by atoms with Crippen molar-refractivity contribution in [3.05, 3.63) is 71.9 Å². The number of halogens is 1. The molecule has 1 amide bonds. The van der Waals surface area contributed by atoms with Crippen LogP contribution in [-0.4, -0.2) is 34.0 Å². The van der Waals surface area contributed by atoms with Gasteiger partial charge in [0.2, 0.25) is 11.7 Å². The molecule has 1 aliphatic carbocycles. The SMILES string of the molecule is O=C(c1ccc(F)cc1)N1CC2(CC(c3nc(-c4ccccc4)no3)C2)C1. The molecule has 2 heterocycles. The summed E-state index contributed by atoms with van der Waals surface area (Å²) < 4.78 is 18.5. The van der Waals surface area contributed by atoms with Crippen molar-refractivity contribution in [1.29, 1.82) is 0 Å².